The highest BCUT2D eigenvalue weighted by atomic mass is 127. The van der Waals surface area contributed by atoms with Gasteiger partial charge >= 0.3 is 0 Å². The number of rotatable bonds is 8. The van der Waals surface area contributed by atoms with Gasteiger partial charge in [0.05, 0.1) is 6.54 Å². The van der Waals surface area contributed by atoms with Crippen molar-refractivity contribution >= 4 is 41.5 Å². The third kappa shape index (κ3) is 7.29. The Labute approximate surface area is 193 Å². The van der Waals surface area contributed by atoms with Crippen molar-refractivity contribution in [2.75, 3.05) is 38.9 Å². The third-order valence-corrected chi connectivity index (χ3v) is 4.18. The molecule has 1 amide bonds. The molecule has 0 atom stereocenters. The lowest BCUT2D eigenvalue weighted by molar-refractivity contribution is -0.114. The number of aliphatic imine (C=N–C) groups is 1. The van der Waals surface area contributed by atoms with Crippen LogP contribution in [0.25, 0.3) is 0 Å². The number of hydrogen-bond donors (Lipinski definition) is 3. The molecule has 8 nitrogen and oxygen atoms in total. The Kier molecular flexibility index (Phi) is 9.52. The van der Waals surface area contributed by atoms with E-state index in [1.807, 2.05) is 36.4 Å². The molecule has 0 aromatic heterocycles. The molecule has 9 heteroatoms. The van der Waals surface area contributed by atoms with Gasteiger partial charge in [0.15, 0.2) is 17.5 Å². The number of fused-ring (bicyclic) bond motifs is 1. The number of carbonyl (C=O) groups is 1. The number of nitrogens with one attached hydrogen (secondary N) is 3. The lowest BCUT2D eigenvalue weighted by Crippen LogP contribution is -2.40. The number of ether oxygens (including phenoxy) is 3. The maximum absolute atomic E-state index is 11.1. The van der Waals surface area contributed by atoms with Gasteiger partial charge in [0.2, 0.25) is 12.7 Å². The minimum absolute atomic E-state index is 0. The van der Waals surface area contributed by atoms with E-state index in [0.717, 1.165) is 24.5 Å². The van der Waals surface area contributed by atoms with Crippen LogP contribution in [0.2, 0.25) is 0 Å². The van der Waals surface area contributed by atoms with Crippen LogP contribution in [0.1, 0.15) is 12.5 Å². The Morgan fingerprint density at radius 3 is 2.70 bits per heavy atom. The van der Waals surface area contributed by atoms with Gasteiger partial charge in [-0.25, -0.2) is 0 Å². The number of carbonyl (C=O) groups excluding carboxylic acids is 1. The number of halogens is 1. The van der Waals surface area contributed by atoms with Crippen molar-refractivity contribution in [1.82, 2.24) is 10.6 Å². The minimum Gasteiger partial charge on any atom is -0.492 e. The molecule has 0 aliphatic carbocycles. The van der Waals surface area contributed by atoms with Crippen LogP contribution in [0.15, 0.2) is 47.5 Å². The summed E-state index contributed by atoms with van der Waals surface area (Å²) in [5, 5.41) is 9.23. The predicted octanol–water partition coefficient (Wildman–Crippen LogP) is 2.78. The summed E-state index contributed by atoms with van der Waals surface area (Å²) >= 11 is 0. The molecule has 30 heavy (non-hydrogen) atoms. The van der Waals surface area contributed by atoms with Gasteiger partial charge < -0.3 is 30.2 Å². The Bertz CT molecular complexity index is 876. The topological polar surface area (TPSA) is 93.2 Å². The molecule has 0 unspecified atom stereocenters. The molecule has 0 saturated heterocycles. The van der Waals surface area contributed by atoms with E-state index in [1.165, 1.54) is 12.5 Å². The van der Waals surface area contributed by atoms with Crippen LogP contribution < -0.4 is 30.2 Å². The average Bonchev–Trinajstić information content (AvgIpc) is 3.17. The van der Waals surface area contributed by atoms with Crippen molar-refractivity contribution in [2.45, 2.75) is 13.3 Å². The molecule has 2 aromatic rings. The number of hydrogen-bond acceptors (Lipinski definition) is 5. The van der Waals surface area contributed by atoms with Crippen molar-refractivity contribution in [3.8, 4) is 17.2 Å². The van der Waals surface area contributed by atoms with Gasteiger partial charge in [0.25, 0.3) is 0 Å². The molecule has 1 heterocycles. The summed E-state index contributed by atoms with van der Waals surface area (Å²) < 4.78 is 16.4. The molecule has 1 aliphatic heterocycles. The fourth-order valence-corrected chi connectivity index (χ4v) is 2.85. The van der Waals surface area contributed by atoms with Crippen LogP contribution in [0, 0.1) is 0 Å². The maximum Gasteiger partial charge on any atom is 0.231 e. The summed E-state index contributed by atoms with van der Waals surface area (Å²) in [6.45, 7) is 3.55. The molecule has 0 spiro atoms. The molecule has 0 fully saturated rings. The second-order valence-corrected chi connectivity index (χ2v) is 6.42. The molecular weight excluding hydrogens is 499 g/mol. The van der Waals surface area contributed by atoms with E-state index in [4.69, 9.17) is 14.2 Å². The van der Waals surface area contributed by atoms with Crippen molar-refractivity contribution in [1.29, 1.82) is 0 Å². The second-order valence-electron chi connectivity index (χ2n) is 6.42. The molecule has 2 aromatic carbocycles. The predicted molar refractivity (Wildman–Crippen MR) is 127 cm³/mol. The summed E-state index contributed by atoms with van der Waals surface area (Å²) in [6.07, 6.45) is 0.837. The summed E-state index contributed by atoms with van der Waals surface area (Å²) in [5.74, 6) is 2.89. The second kappa shape index (κ2) is 12.1. The van der Waals surface area contributed by atoms with Crippen LogP contribution in [0.5, 0.6) is 17.2 Å². The quantitative estimate of drug-likeness (QED) is 0.212. The van der Waals surface area contributed by atoms with E-state index < -0.39 is 0 Å². The van der Waals surface area contributed by atoms with E-state index in [-0.39, 0.29) is 36.7 Å². The standard InChI is InChI=1S/C21H26N4O4.HI/c1-15(26)25-17-4-3-5-18(13-17)27-11-10-24-21(22-2)23-9-8-16-6-7-19-20(12-16)29-14-28-19;/h3-7,12-13H,8-11,14H2,1-2H3,(H,25,26)(H2,22,23,24);1H. The number of amides is 1. The minimum atomic E-state index is -0.112. The molecule has 0 radical (unpaired) electrons. The van der Waals surface area contributed by atoms with Crippen LogP contribution in [-0.2, 0) is 11.2 Å². The Balaban J connectivity index is 0.00000320. The van der Waals surface area contributed by atoms with Crippen LogP contribution in [0.4, 0.5) is 5.69 Å². The van der Waals surface area contributed by atoms with Gasteiger partial charge in [-0.05, 0) is 36.2 Å². The number of nitrogens with zero attached hydrogens (tertiary/aromatic N) is 1. The van der Waals surface area contributed by atoms with Gasteiger partial charge in [-0.1, -0.05) is 12.1 Å². The SMILES string of the molecule is CN=C(NCCOc1cccc(NC(C)=O)c1)NCCc1ccc2c(c1)OCO2.I. The molecule has 3 rings (SSSR count). The van der Waals surface area contributed by atoms with E-state index in [0.29, 0.717) is 30.5 Å². The molecule has 0 bridgehead atoms. The van der Waals surface area contributed by atoms with Gasteiger partial charge in [0.1, 0.15) is 12.4 Å². The summed E-state index contributed by atoms with van der Waals surface area (Å²) in [4.78, 5) is 15.3. The summed E-state index contributed by atoms with van der Waals surface area (Å²) in [6, 6.07) is 13.3. The lowest BCUT2D eigenvalue weighted by Gasteiger charge is -2.13. The zero-order valence-corrected chi connectivity index (χ0v) is 19.4. The van der Waals surface area contributed by atoms with Crippen molar-refractivity contribution in [3.63, 3.8) is 0 Å². The number of anilines is 1. The highest BCUT2D eigenvalue weighted by molar-refractivity contribution is 14.0. The maximum atomic E-state index is 11.1. The highest BCUT2D eigenvalue weighted by Crippen LogP contribution is 2.32. The summed E-state index contributed by atoms with van der Waals surface area (Å²) in [5.41, 5.74) is 1.88. The molecular formula is C21H27IN4O4. The van der Waals surface area contributed by atoms with Crippen molar-refractivity contribution in [3.05, 3.63) is 48.0 Å². The fraction of sp³-hybridized carbons (Fsp3) is 0.333. The molecule has 3 N–H and O–H groups in total. The smallest absolute Gasteiger partial charge is 0.231 e. The van der Waals surface area contributed by atoms with Gasteiger partial charge in [0, 0.05) is 32.3 Å². The van der Waals surface area contributed by atoms with Gasteiger partial charge in [-0.15, -0.1) is 24.0 Å². The average molecular weight is 526 g/mol. The zero-order chi connectivity index (χ0) is 20.5. The Morgan fingerprint density at radius 2 is 1.90 bits per heavy atom. The largest absolute Gasteiger partial charge is 0.492 e. The Hall–Kier alpha value is -2.69. The number of benzene rings is 2. The first-order valence-electron chi connectivity index (χ1n) is 9.47. The van der Waals surface area contributed by atoms with Gasteiger partial charge in [-0.3, -0.25) is 9.79 Å². The van der Waals surface area contributed by atoms with Crippen molar-refractivity contribution < 1.29 is 19.0 Å². The van der Waals surface area contributed by atoms with E-state index in [9.17, 15) is 4.79 Å². The first-order valence-corrected chi connectivity index (χ1v) is 9.47. The third-order valence-electron chi connectivity index (χ3n) is 4.18. The van der Waals surface area contributed by atoms with E-state index >= 15 is 0 Å². The molecule has 1 aliphatic rings. The normalized spacial score (nSPS) is 12.0. The van der Waals surface area contributed by atoms with Gasteiger partial charge in [-0.2, -0.15) is 0 Å². The lowest BCUT2D eigenvalue weighted by atomic mass is 10.1. The van der Waals surface area contributed by atoms with Crippen LogP contribution >= 0.6 is 24.0 Å². The Morgan fingerprint density at radius 1 is 1.10 bits per heavy atom. The van der Waals surface area contributed by atoms with E-state index in [1.54, 1.807) is 13.1 Å². The molecule has 162 valence electrons. The van der Waals surface area contributed by atoms with E-state index in [2.05, 4.69) is 20.9 Å². The van der Waals surface area contributed by atoms with Crippen LogP contribution in [-0.4, -0.2) is 45.4 Å². The first kappa shape index (κ1) is 23.6. The highest BCUT2D eigenvalue weighted by Gasteiger charge is 2.12. The fourth-order valence-electron chi connectivity index (χ4n) is 2.85. The first-order chi connectivity index (χ1) is 14.1. The van der Waals surface area contributed by atoms with Crippen LogP contribution in [0.3, 0.4) is 0 Å². The summed E-state index contributed by atoms with van der Waals surface area (Å²) in [7, 11) is 1.73. The monoisotopic (exact) mass is 526 g/mol. The number of guanidine groups is 1. The molecule has 0 saturated carbocycles. The zero-order valence-electron chi connectivity index (χ0n) is 17.1. The van der Waals surface area contributed by atoms with Crippen molar-refractivity contribution in [2.24, 2.45) is 4.99 Å².